The molecule has 1 aromatic heterocycles. The largest absolute Gasteiger partial charge is 0.322 e. The van der Waals surface area contributed by atoms with Gasteiger partial charge in [0.25, 0.3) is 0 Å². The Hall–Kier alpha value is -1.68. The van der Waals surface area contributed by atoms with Crippen LogP contribution in [0.15, 0.2) is 30.5 Å². The van der Waals surface area contributed by atoms with E-state index < -0.39 is 0 Å². The van der Waals surface area contributed by atoms with Gasteiger partial charge in [0.15, 0.2) is 0 Å². The van der Waals surface area contributed by atoms with Crippen LogP contribution < -0.4 is 5.73 Å². The summed E-state index contributed by atoms with van der Waals surface area (Å²) in [5.41, 5.74) is 9.39. The first-order valence-electron chi connectivity index (χ1n) is 6.27. The van der Waals surface area contributed by atoms with E-state index in [9.17, 15) is 0 Å². The maximum atomic E-state index is 6.05. The molecule has 0 radical (unpaired) electrons. The molecule has 1 unspecified atom stereocenters. The minimum absolute atomic E-state index is 0.0447. The fraction of sp³-hybridized carbons (Fsp3) is 0.429. The Bertz CT molecular complexity index is 499. The lowest BCUT2D eigenvalue weighted by Crippen LogP contribution is -2.17. The predicted octanol–water partition coefficient (Wildman–Crippen LogP) is 2.29. The van der Waals surface area contributed by atoms with Gasteiger partial charge in [-0.3, -0.25) is 0 Å². The van der Waals surface area contributed by atoms with Crippen LogP contribution >= 0.6 is 0 Å². The molecule has 96 valence electrons. The van der Waals surface area contributed by atoms with Crippen LogP contribution in [0.4, 0.5) is 0 Å². The van der Waals surface area contributed by atoms with Crippen molar-refractivity contribution < 1.29 is 0 Å². The van der Waals surface area contributed by atoms with E-state index in [2.05, 4.69) is 55.3 Å². The van der Waals surface area contributed by atoms with Crippen LogP contribution in [0.25, 0.3) is 0 Å². The molecule has 0 aliphatic rings. The van der Waals surface area contributed by atoms with E-state index in [0.29, 0.717) is 5.92 Å². The van der Waals surface area contributed by atoms with Crippen LogP contribution in [0.1, 0.15) is 36.7 Å². The maximum Gasteiger partial charge on any atom is 0.0996 e. The average molecular weight is 244 g/mol. The van der Waals surface area contributed by atoms with E-state index in [0.717, 1.165) is 12.2 Å². The van der Waals surface area contributed by atoms with Gasteiger partial charge in [-0.05, 0) is 18.4 Å². The summed E-state index contributed by atoms with van der Waals surface area (Å²) in [6.07, 6.45) is 1.94. The van der Waals surface area contributed by atoms with Gasteiger partial charge >= 0.3 is 0 Å². The molecule has 2 aromatic rings. The van der Waals surface area contributed by atoms with Crippen LogP contribution in [0.5, 0.6) is 0 Å². The van der Waals surface area contributed by atoms with Crippen molar-refractivity contribution in [1.82, 2.24) is 15.0 Å². The number of nitrogens with zero attached hydrogens (tertiary/aromatic N) is 3. The van der Waals surface area contributed by atoms with Gasteiger partial charge in [-0.2, -0.15) is 0 Å². The standard InChI is InChI=1S/C14H20N4/c1-10(2)14(15)13-9-18(17-16-13)8-12-6-4-11(3)5-7-12/h4-7,9-10,14H,8,15H2,1-3H3. The van der Waals surface area contributed by atoms with Crippen molar-refractivity contribution in [1.29, 1.82) is 0 Å². The molecule has 0 aliphatic heterocycles. The molecule has 18 heavy (non-hydrogen) atoms. The van der Waals surface area contributed by atoms with Gasteiger partial charge in [0, 0.05) is 0 Å². The smallest absolute Gasteiger partial charge is 0.0996 e. The number of benzene rings is 1. The van der Waals surface area contributed by atoms with Gasteiger partial charge < -0.3 is 5.73 Å². The minimum atomic E-state index is -0.0447. The van der Waals surface area contributed by atoms with E-state index in [1.165, 1.54) is 11.1 Å². The first kappa shape index (κ1) is 12.8. The summed E-state index contributed by atoms with van der Waals surface area (Å²) in [7, 11) is 0. The fourth-order valence-electron chi connectivity index (χ4n) is 1.77. The summed E-state index contributed by atoms with van der Waals surface area (Å²) in [6.45, 7) is 6.99. The molecule has 2 rings (SSSR count). The number of aryl methyl sites for hydroxylation is 1. The van der Waals surface area contributed by atoms with Crippen molar-refractivity contribution in [3.05, 3.63) is 47.3 Å². The first-order valence-corrected chi connectivity index (χ1v) is 6.27. The zero-order valence-electron chi connectivity index (χ0n) is 11.2. The van der Waals surface area contributed by atoms with Crippen molar-refractivity contribution in [3.63, 3.8) is 0 Å². The van der Waals surface area contributed by atoms with Gasteiger partial charge in [-0.25, -0.2) is 4.68 Å². The van der Waals surface area contributed by atoms with Gasteiger partial charge in [0.2, 0.25) is 0 Å². The third-order valence-electron chi connectivity index (χ3n) is 3.08. The van der Waals surface area contributed by atoms with Crippen LogP contribution in [-0.2, 0) is 6.54 Å². The van der Waals surface area contributed by atoms with Gasteiger partial charge in [0.1, 0.15) is 0 Å². The molecule has 0 spiro atoms. The van der Waals surface area contributed by atoms with E-state index in [1.54, 1.807) is 0 Å². The third kappa shape index (κ3) is 2.96. The molecule has 2 N–H and O–H groups in total. The number of aromatic nitrogens is 3. The second kappa shape index (κ2) is 5.31. The second-order valence-corrected chi connectivity index (χ2v) is 5.10. The van der Waals surface area contributed by atoms with Crippen molar-refractivity contribution in [3.8, 4) is 0 Å². The van der Waals surface area contributed by atoms with Crippen molar-refractivity contribution in [2.24, 2.45) is 11.7 Å². The summed E-state index contributed by atoms with van der Waals surface area (Å²) >= 11 is 0. The van der Waals surface area contributed by atoms with Gasteiger partial charge in [-0.15, -0.1) is 5.10 Å². The SMILES string of the molecule is Cc1ccc(Cn2cc(C(N)C(C)C)nn2)cc1. The normalized spacial score (nSPS) is 12.9. The topological polar surface area (TPSA) is 56.7 Å². The Kier molecular flexibility index (Phi) is 3.77. The van der Waals surface area contributed by atoms with E-state index in [-0.39, 0.29) is 6.04 Å². The quantitative estimate of drug-likeness (QED) is 0.897. The lowest BCUT2D eigenvalue weighted by Gasteiger charge is -2.11. The summed E-state index contributed by atoms with van der Waals surface area (Å²) in [5.74, 6) is 0.370. The zero-order valence-corrected chi connectivity index (χ0v) is 11.2. The summed E-state index contributed by atoms with van der Waals surface area (Å²) < 4.78 is 1.84. The Labute approximate surface area is 108 Å². The first-order chi connectivity index (χ1) is 8.56. The molecule has 0 aliphatic carbocycles. The zero-order chi connectivity index (χ0) is 13.1. The molecule has 4 heteroatoms. The lowest BCUT2D eigenvalue weighted by molar-refractivity contribution is 0.502. The highest BCUT2D eigenvalue weighted by Gasteiger charge is 2.14. The highest BCUT2D eigenvalue weighted by molar-refractivity contribution is 5.21. The molecule has 0 bridgehead atoms. The maximum absolute atomic E-state index is 6.05. The van der Waals surface area contributed by atoms with E-state index in [4.69, 9.17) is 5.73 Å². The fourth-order valence-corrected chi connectivity index (χ4v) is 1.77. The molecule has 0 fully saturated rings. The van der Waals surface area contributed by atoms with Gasteiger partial charge in [0.05, 0.1) is 24.5 Å². The molecule has 0 saturated carbocycles. The predicted molar refractivity (Wildman–Crippen MR) is 72.1 cm³/mol. The lowest BCUT2D eigenvalue weighted by atomic mass is 10.0. The molecule has 0 saturated heterocycles. The van der Waals surface area contributed by atoms with Crippen molar-refractivity contribution in [2.45, 2.75) is 33.4 Å². The molecule has 4 nitrogen and oxygen atoms in total. The molecule has 1 heterocycles. The number of nitrogens with two attached hydrogens (primary N) is 1. The van der Waals surface area contributed by atoms with Crippen LogP contribution in [0, 0.1) is 12.8 Å². The Morgan fingerprint density at radius 3 is 2.50 bits per heavy atom. The van der Waals surface area contributed by atoms with E-state index >= 15 is 0 Å². The Balaban J connectivity index is 2.09. The summed E-state index contributed by atoms with van der Waals surface area (Å²) in [5, 5.41) is 8.26. The van der Waals surface area contributed by atoms with E-state index in [1.807, 2.05) is 10.9 Å². The molecule has 1 atom stereocenters. The number of hydrogen-bond donors (Lipinski definition) is 1. The van der Waals surface area contributed by atoms with Crippen LogP contribution in [0.3, 0.4) is 0 Å². The second-order valence-electron chi connectivity index (χ2n) is 5.10. The molecular weight excluding hydrogens is 224 g/mol. The highest BCUT2D eigenvalue weighted by Crippen LogP contribution is 2.16. The van der Waals surface area contributed by atoms with Gasteiger partial charge in [-0.1, -0.05) is 48.9 Å². The number of hydrogen-bond acceptors (Lipinski definition) is 3. The van der Waals surface area contributed by atoms with Crippen LogP contribution in [0.2, 0.25) is 0 Å². The van der Waals surface area contributed by atoms with Crippen LogP contribution in [-0.4, -0.2) is 15.0 Å². The third-order valence-corrected chi connectivity index (χ3v) is 3.08. The summed E-state index contributed by atoms with van der Waals surface area (Å²) in [6, 6.07) is 8.38. The highest BCUT2D eigenvalue weighted by atomic mass is 15.4. The molecule has 0 amide bonds. The average Bonchev–Trinajstić information content (AvgIpc) is 2.79. The summed E-state index contributed by atoms with van der Waals surface area (Å²) in [4.78, 5) is 0. The minimum Gasteiger partial charge on any atom is -0.322 e. The molecular formula is C14H20N4. The Morgan fingerprint density at radius 2 is 1.89 bits per heavy atom. The monoisotopic (exact) mass is 244 g/mol. The van der Waals surface area contributed by atoms with Crippen molar-refractivity contribution >= 4 is 0 Å². The molecule has 1 aromatic carbocycles. The van der Waals surface area contributed by atoms with Crippen molar-refractivity contribution in [2.75, 3.05) is 0 Å². The number of rotatable bonds is 4. The Morgan fingerprint density at radius 1 is 1.22 bits per heavy atom.